The second-order valence-electron chi connectivity index (χ2n) is 20.1. The number of rotatable bonds is 7. The molecule has 0 unspecified atom stereocenters. The van der Waals surface area contributed by atoms with Crippen LogP contribution in [0.25, 0.3) is 105 Å². The van der Waals surface area contributed by atoms with Crippen molar-refractivity contribution < 1.29 is 28.6 Å². The van der Waals surface area contributed by atoms with Crippen LogP contribution in [0, 0.1) is 19.0 Å². The Hall–Kier alpha value is -7.50. The summed E-state index contributed by atoms with van der Waals surface area (Å²) in [7, 11) is 0. The molecule has 0 N–H and O–H groups in total. The van der Waals surface area contributed by atoms with Gasteiger partial charge in [-0.1, -0.05) is 163 Å². The van der Waals surface area contributed by atoms with Crippen LogP contribution in [0.2, 0.25) is 0 Å². The van der Waals surface area contributed by atoms with Crippen molar-refractivity contribution in [2.75, 3.05) is 0 Å². The summed E-state index contributed by atoms with van der Waals surface area (Å²) in [5, 5.41) is 6.99. The van der Waals surface area contributed by atoms with Gasteiger partial charge in [0.2, 0.25) is 0 Å². The molecule has 0 aliphatic rings. The van der Waals surface area contributed by atoms with E-state index in [1.807, 2.05) is 12.1 Å². The number of hydrogen-bond acceptors (Lipinski definition) is 4. The second kappa shape index (κ2) is 19.6. The van der Waals surface area contributed by atoms with Crippen LogP contribution in [-0.2, 0) is 25.5 Å². The van der Waals surface area contributed by atoms with Crippen molar-refractivity contribution in [3.8, 4) is 50.7 Å². The molecule has 0 atom stereocenters. The molecule has 3 heterocycles. The molecule has 12 rings (SSSR count). The Labute approximate surface area is 440 Å². The van der Waals surface area contributed by atoms with Crippen molar-refractivity contribution >= 4 is 54.5 Å². The van der Waals surface area contributed by atoms with Crippen LogP contribution in [0.15, 0.2) is 187 Å². The summed E-state index contributed by atoms with van der Waals surface area (Å²) < 4.78 is 31.3. The van der Waals surface area contributed by atoms with Crippen LogP contribution >= 0.6 is 0 Å². The van der Waals surface area contributed by atoms with E-state index in [4.69, 9.17) is 13.5 Å². The number of benzene rings is 9. The van der Waals surface area contributed by atoms with E-state index in [9.17, 15) is 0 Å². The van der Waals surface area contributed by atoms with E-state index in [1.165, 1.54) is 66.7 Å². The summed E-state index contributed by atoms with van der Waals surface area (Å²) in [5.74, 6) is 1.89. The molecular weight excluding hydrogens is 1060 g/mol. The predicted molar refractivity (Wildman–Crippen MR) is 296 cm³/mol. The van der Waals surface area contributed by atoms with Gasteiger partial charge in [-0.05, 0) is 115 Å². The minimum Gasteiger partial charge on any atom is -0.501 e. The van der Waals surface area contributed by atoms with Gasteiger partial charge < -0.3 is 8.98 Å². The molecule has 5 nitrogen and oxygen atoms in total. The van der Waals surface area contributed by atoms with Gasteiger partial charge in [0.15, 0.2) is 0 Å². The molecule has 357 valence electrons. The zero-order valence-corrected chi connectivity index (χ0v) is 43.9. The maximum atomic E-state index is 7.35. The zero-order chi connectivity index (χ0) is 51.5. The number of imidazole rings is 1. The van der Waals surface area contributed by atoms with E-state index in [1.54, 1.807) is 18.3 Å². The Morgan fingerprint density at radius 3 is 2.04 bits per heavy atom. The molecule has 6 heteroatoms. The third-order valence-electron chi connectivity index (χ3n) is 13.5. The Bertz CT molecular complexity index is 4030. The normalized spacial score (nSPS) is 12.5. The molecule has 0 aliphatic carbocycles. The van der Waals surface area contributed by atoms with Crippen LogP contribution < -0.4 is 0 Å². The number of aryl methyl sites for hydroxylation is 1. The molecule has 12 aromatic rings. The van der Waals surface area contributed by atoms with Gasteiger partial charge in [0.1, 0.15) is 5.58 Å². The smallest absolute Gasteiger partial charge is 0.121 e. The monoisotopic (exact) mass is 1120 g/mol. The van der Waals surface area contributed by atoms with Crippen LogP contribution in [0.4, 0.5) is 0 Å². The quantitative estimate of drug-likeness (QED) is 0.118. The maximum Gasteiger partial charge on any atom is 0.121 e. The first-order valence-corrected chi connectivity index (χ1v) is 24.5. The standard InChI is InChI=1S/C51H39N2O.C15H17N2.Ir/c1-31(2)42-28-38(36-18-12-17-35(26-36)33-14-6-5-7-15-33)29-43(32(3)4)49(42)53-47-23-11-10-22-46(47)52-51(53)41-21-13-20-40-45-27-37-25-24-34-16-8-9-19-39(34)44(37)30-48(45)54-50(40)41;1-11-5-7-12(8-6-11)14-16-10-9-13(17-14)15(2,3)4;/h5-20,22-32H,1-4H3;5-7,9-10H,1-4H3;/q2*-1;/i;1D3;. The Morgan fingerprint density at radius 2 is 1.31 bits per heavy atom. The second-order valence-corrected chi connectivity index (χ2v) is 20.1. The minimum atomic E-state index is -2.11. The molecule has 0 fully saturated rings. The van der Waals surface area contributed by atoms with Crippen molar-refractivity contribution in [2.45, 2.75) is 72.6 Å². The largest absolute Gasteiger partial charge is 0.501 e. The molecule has 9 aromatic carbocycles. The van der Waals surface area contributed by atoms with E-state index in [2.05, 4.69) is 221 Å². The van der Waals surface area contributed by atoms with Crippen molar-refractivity contribution in [1.29, 1.82) is 0 Å². The molecule has 3 aromatic heterocycles. The third-order valence-corrected chi connectivity index (χ3v) is 13.5. The number of fused-ring (bicyclic) bond motifs is 7. The first kappa shape index (κ1) is 44.4. The predicted octanol–water partition coefficient (Wildman–Crippen LogP) is 17.8. The van der Waals surface area contributed by atoms with Crippen molar-refractivity contribution in [3.63, 3.8) is 0 Å². The van der Waals surface area contributed by atoms with E-state index in [-0.39, 0.29) is 42.9 Å². The van der Waals surface area contributed by atoms with Crippen LogP contribution in [-0.4, -0.2) is 19.5 Å². The van der Waals surface area contributed by atoms with Gasteiger partial charge in [0, 0.05) is 52.6 Å². The molecular formula is C66H56IrN4O-2. The summed E-state index contributed by atoms with van der Waals surface area (Å²) >= 11 is 0. The number of furan rings is 1. The van der Waals surface area contributed by atoms with E-state index in [0.29, 0.717) is 11.4 Å². The molecule has 0 saturated heterocycles. The summed E-state index contributed by atoms with van der Waals surface area (Å²) in [6.07, 6.45) is 1.72. The summed E-state index contributed by atoms with van der Waals surface area (Å²) in [6, 6.07) is 67.6. The topological polar surface area (TPSA) is 56.7 Å². The van der Waals surface area contributed by atoms with Crippen LogP contribution in [0.1, 0.15) is 86.8 Å². The number of aromatic nitrogens is 4. The van der Waals surface area contributed by atoms with Crippen molar-refractivity contribution in [1.82, 2.24) is 19.5 Å². The third kappa shape index (κ3) is 9.06. The van der Waals surface area contributed by atoms with Gasteiger partial charge in [-0.3, -0.25) is 15.0 Å². The molecule has 0 saturated carbocycles. The molecule has 0 bridgehead atoms. The average Bonchev–Trinajstić information content (AvgIpc) is 3.98. The van der Waals surface area contributed by atoms with E-state index < -0.39 is 6.85 Å². The number of hydrogen-bond donors (Lipinski definition) is 0. The molecule has 0 aliphatic heterocycles. The molecule has 0 amide bonds. The average molecular weight is 1120 g/mol. The Kier molecular flexibility index (Phi) is 12.1. The Morgan fingerprint density at radius 1 is 0.597 bits per heavy atom. The number of para-hydroxylation sites is 2. The SMILES string of the molecule is CC(C)c1cc(-c2cccc(-c3ccccc3)c2)cc(C(C)C)c1-n1c(-c2[c-]ccc3c2oc2cc4c(ccc5ccccc54)cc23)nc2ccccc21.[2H]C([2H])([2H])c1c[c-]c(-c2nccc(C(C)(C)C)n2)cc1.[Ir]. The van der Waals surface area contributed by atoms with Gasteiger partial charge in [-0.25, -0.2) is 0 Å². The zero-order valence-electron chi connectivity index (χ0n) is 44.5. The van der Waals surface area contributed by atoms with Crippen molar-refractivity contribution in [3.05, 3.63) is 217 Å². The maximum absolute atomic E-state index is 7.35. The molecule has 0 spiro atoms. The minimum absolute atomic E-state index is 0. The summed E-state index contributed by atoms with van der Waals surface area (Å²) in [4.78, 5) is 14.1. The fourth-order valence-electron chi connectivity index (χ4n) is 9.79. The molecule has 72 heavy (non-hydrogen) atoms. The first-order chi connectivity index (χ1) is 35.6. The van der Waals surface area contributed by atoms with Crippen molar-refractivity contribution in [2.24, 2.45) is 0 Å². The molecule has 1 radical (unpaired) electrons. The van der Waals surface area contributed by atoms with E-state index in [0.717, 1.165) is 50.1 Å². The van der Waals surface area contributed by atoms with E-state index >= 15 is 0 Å². The first-order valence-electron chi connectivity index (χ1n) is 26.0. The number of nitrogens with zero attached hydrogens (tertiary/aromatic N) is 4. The summed E-state index contributed by atoms with van der Waals surface area (Å²) in [6.45, 7) is 13.3. The Balaban J connectivity index is 0.000000258. The summed E-state index contributed by atoms with van der Waals surface area (Å²) in [5.41, 5.74) is 15.0. The van der Waals surface area contributed by atoms with Gasteiger partial charge in [0.25, 0.3) is 0 Å². The fraction of sp³-hybridized carbons (Fsp3) is 0.167. The van der Waals surface area contributed by atoms with Gasteiger partial charge >= 0.3 is 0 Å². The van der Waals surface area contributed by atoms with Gasteiger partial charge in [0.05, 0.1) is 28.3 Å². The van der Waals surface area contributed by atoms with Gasteiger partial charge in [-0.2, -0.15) is 0 Å². The fourth-order valence-corrected chi connectivity index (χ4v) is 9.79. The van der Waals surface area contributed by atoms with Crippen LogP contribution in [0.3, 0.4) is 0 Å². The van der Waals surface area contributed by atoms with Crippen LogP contribution in [0.5, 0.6) is 0 Å². The van der Waals surface area contributed by atoms with Gasteiger partial charge in [-0.15, -0.1) is 53.6 Å².